The SMILES string of the molecule is COc1ccc(-c2cc3ccccc3c(-c3c(O)c(-c4ccc(OC)cc4)cc4ccccc34)c2O)cc1. The van der Waals surface area contributed by atoms with Crippen LogP contribution in [0.1, 0.15) is 0 Å². The van der Waals surface area contributed by atoms with Gasteiger partial charge in [0, 0.05) is 22.3 Å². The van der Waals surface area contributed by atoms with Gasteiger partial charge in [0.1, 0.15) is 23.0 Å². The summed E-state index contributed by atoms with van der Waals surface area (Å²) in [6.45, 7) is 0. The number of fused-ring (bicyclic) bond motifs is 2. The van der Waals surface area contributed by atoms with Crippen molar-refractivity contribution >= 4 is 21.5 Å². The average molecular weight is 499 g/mol. The van der Waals surface area contributed by atoms with E-state index in [-0.39, 0.29) is 11.5 Å². The first-order valence-electron chi connectivity index (χ1n) is 12.4. The van der Waals surface area contributed by atoms with Gasteiger partial charge in [-0.25, -0.2) is 0 Å². The van der Waals surface area contributed by atoms with Crippen LogP contribution in [-0.4, -0.2) is 24.4 Å². The second kappa shape index (κ2) is 9.49. The van der Waals surface area contributed by atoms with Crippen LogP contribution in [0.5, 0.6) is 23.0 Å². The van der Waals surface area contributed by atoms with Crippen LogP contribution in [0, 0.1) is 0 Å². The fourth-order valence-corrected chi connectivity index (χ4v) is 5.16. The lowest BCUT2D eigenvalue weighted by molar-refractivity contribution is 0.414. The summed E-state index contributed by atoms with van der Waals surface area (Å²) in [4.78, 5) is 0. The highest BCUT2D eigenvalue weighted by Crippen LogP contribution is 2.51. The van der Waals surface area contributed by atoms with Gasteiger partial charge in [0.15, 0.2) is 0 Å². The number of hydrogen-bond donors (Lipinski definition) is 2. The summed E-state index contributed by atoms with van der Waals surface area (Å²) >= 11 is 0. The first kappa shape index (κ1) is 23.4. The molecule has 0 aliphatic carbocycles. The molecule has 0 spiro atoms. The molecule has 186 valence electrons. The van der Waals surface area contributed by atoms with E-state index >= 15 is 0 Å². The number of rotatable bonds is 5. The third-order valence-electron chi connectivity index (χ3n) is 7.10. The monoisotopic (exact) mass is 498 g/mol. The second-order valence-corrected chi connectivity index (χ2v) is 9.19. The van der Waals surface area contributed by atoms with Crippen LogP contribution in [0.15, 0.2) is 109 Å². The van der Waals surface area contributed by atoms with Crippen LogP contribution in [-0.2, 0) is 0 Å². The average Bonchev–Trinajstić information content (AvgIpc) is 2.97. The summed E-state index contributed by atoms with van der Waals surface area (Å²) in [6, 6.07) is 35.1. The summed E-state index contributed by atoms with van der Waals surface area (Å²) in [5, 5.41) is 27.4. The zero-order valence-corrected chi connectivity index (χ0v) is 21.1. The van der Waals surface area contributed by atoms with E-state index in [0.717, 1.165) is 44.2 Å². The summed E-state index contributed by atoms with van der Waals surface area (Å²) in [6.07, 6.45) is 0. The van der Waals surface area contributed by atoms with Gasteiger partial charge >= 0.3 is 0 Å². The highest BCUT2D eigenvalue weighted by atomic mass is 16.5. The fourth-order valence-electron chi connectivity index (χ4n) is 5.16. The van der Waals surface area contributed by atoms with Crippen molar-refractivity contribution in [3.8, 4) is 56.4 Å². The molecule has 0 aromatic heterocycles. The van der Waals surface area contributed by atoms with Crippen molar-refractivity contribution < 1.29 is 19.7 Å². The molecule has 6 aromatic rings. The molecule has 2 N–H and O–H groups in total. The molecule has 0 amide bonds. The Hall–Kier alpha value is -4.96. The number of hydrogen-bond acceptors (Lipinski definition) is 4. The maximum atomic E-state index is 11.9. The van der Waals surface area contributed by atoms with Crippen molar-refractivity contribution in [2.45, 2.75) is 0 Å². The van der Waals surface area contributed by atoms with E-state index in [2.05, 4.69) is 0 Å². The number of ether oxygens (including phenoxy) is 2. The molecule has 4 nitrogen and oxygen atoms in total. The molecule has 0 saturated heterocycles. The summed E-state index contributed by atoms with van der Waals surface area (Å²) < 4.78 is 10.7. The van der Waals surface area contributed by atoms with E-state index in [1.165, 1.54) is 0 Å². The molecule has 0 unspecified atom stereocenters. The zero-order valence-electron chi connectivity index (χ0n) is 21.1. The molecule has 0 aliphatic rings. The first-order chi connectivity index (χ1) is 18.6. The molecule has 0 bridgehead atoms. The van der Waals surface area contributed by atoms with E-state index in [9.17, 15) is 10.2 Å². The van der Waals surface area contributed by atoms with Gasteiger partial charge in [0.2, 0.25) is 0 Å². The van der Waals surface area contributed by atoms with E-state index in [4.69, 9.17) is 9.47 Å². The van der Waals surface area contributed by atoms with Gasteiger partial charge in [-0.15, -0.1) is 0 Å². The molecule has 0 atom stereocenters. The molecule has 38 heavy (non-hydrogen) atoms. The Morgan fingerprint density at radius 3 is 1.21 bits per heavy atom. The largest absolute Gasteiger partial charge is 0.507 e. The topological polar surface area (TPSA) is 58.9 Å². The van der Waals surface area contributed by atoms with Crippen molar-refractivity contribution in [2.75, 3.05) is 14.2 Å². The van der Waals surface area contributed by atoms with Crippen molar-refractivity contribution in [2.24, 2.45) is 0 Å². The Bertz CT molecular complexity index is 1650. The quantitative estimate of drug-likeness (QED) is 0.250. The number of phenolic OH excluding ortho intramolecular Hbond substituents is 2. The lowest BCUT2D eigenvalue weighted by atomic mass is 9.86. The highest BCUT2D eigenvalue weighted by molar-refractivity contribution is 6.13. The van der Waals surface area contributed by atoms with Gasteiger partial charge in [-0.2, -0.15) is 0 Å². The van der Waals surface area contributed by atoms with Crippen LogP contribution in [0.3, 0.4) is 0 Å². The van der Waals surface area contributed by atoms with Crippen molar-refractivity contribution in [3.63, 3.8) is 0 Å². The molecular weight excluding hydrogens is 472 g/mol. The predicted molar refractivity (Wildman–Crippen MR) is 154 cm³/mol. The zero-order chi connectivity index (χ0) is 26.2. The lowest BCUT2D eigenvalue weighted by Gasteiger charge is -2.19. The number of aromatic hydroxyl groups is 2. The summed E-state index contributed by atoms with van der Waals surface area (Å²) in [5.41, 5.74) is 4.26. The molecule has 0 saturated carbocycles. The normalized spacial score (nSPS) is 11.1. The molecular formula is C34H26O4. The first-order valence-corrected chi connectivity index (χ1v) is 12.4. The molecule has 0 heterocycles. The van der Waals surface area contributed by atoms with Crippen LogP contribution in [0.25, 0.3) is 54.9 Å². The Labute approximate surface area is 221 Å². The van der Waals surface area contributed by atoms with Gasteiger partial charge in [-0.1, -0.05) is 72.8 Å². The molecule has 6 aromatic carbocycles. The van der Waals surface area contributed by atoms with E-state index in [1.54, 1.807) is 14.2 Å². The summed E-state index contributed by atoms with van der Waals surface area (Å²) in [7, 11) is 3.26. The van der Waals surface area contributed by atoms with Crippen LogP contribution in [0.2, 0.25) is 0 Å². The smallest absolute Gasteiger partial charge is 0.132 e. The lowest BCUT2D eigenvalue weighted by Crippen LogP contribution is -1.92. The molecule has 0 fully saturated rings. The van der Waals surface area contributed by atoms with Gasteiger partial charge in [-0.3, -0.25) is 0 Å². The van der Waals surface area contributed by atoms with Crippen molar-refractivity contribution in [3.05, 3.63) is 109 Å². The minimum atomic E-state index is 0.112. The Morgan fingerprint density at radius 1 is 0.474 bits per heavy atom. The van der Waals surface area contributed by atoms with Crippen LogP contribution >= 0.6 is 0 Å². The second-order valence-electron chi connectivity index (χ2n) is 9.19. The summed E-state index contributed by atoms with van der Waals surface area (Å²) in [5.74, 6) is 1.71. The van der Waals surface area contributed by atoms with E-state index in [0.29, 0.717) is 22.3 Å². The number of benzene rings is 6. The van der Waals surface area contributed by atoms with Crippen LogP contribution < -0.4 is 9.47 Å². The van der Waals surface area contributed by atoms with Gasteiger partial charge in [0.25, 0.3) is 0 Å². The van der Waals surface area contributed by atoms with Crippen molar-refractivity contribution in [1.82, 2.24) is 0 Å². The standard InChI is InChI=1S/C34H26O4/c1-37-25-15-11-21(12-16-25)29-19-23-7-3-5-9-27(23)31(33(29)35)32-28-10-6-4-8-24(28)20-30(34(32)36)22-13-17-26(38-2)18-14-22/h3-20,35-36H,1-2H3. The molecule has 0 aliphatic heterocycles. The minimum absolute atomic E-state index is 0.112. The third kappa shape index (κ3) is 3.87. The van der Waals surface area contributed by atoms with Gasteiger partial charge in [-0.05, 0) is 69.1 Å². The Balaban J connectivity index is 1.70. The molecule has 0 radical (unpaired) electrons. The Morgan fingerprint density at radius 2 is 0.842 bits per heavy atom. The fraction of sp³-hybridized carbons (Fsp3) is 0.0588. The molecule has 6 rings (SSSR count). The van der Waals surface area contributed by atoms with Crippen LogP contribution in [0.4, 0.5) is 0 Å². The third-order valence-corrected chi connectivity index (χ3v) is 7.10. The number of methoxy groups -OCH3 is 2. The van der Waals surface area contributed by atoms with E-state index < -0.39 is 0 Å². The maximum Gasteiger partial charge on any atom is 0.132 e. The highest BCUT2D eigenvalue weighted by Gasteiger charge is 2.23. The van der Waals surface area contributed by atoms with Gasteiger partial charge in [0.05, 0.1) is 14.2 Å². The maximum absolute atomic E-state index is 11.9. The van der Waals surface area contributed by atoms with E-state index in [1.807, 2.05) is 109 Å². The Kier molecular flexibility index (Phi) is 5.85. The van der Waals surface area contributed by atoms with Crippen molar-refractivity contribution in [1.29, 1.82) is 0 Å². The predicted octanol–water partition coefficient (Wildman–Crippen LogP) is 8.42. The number of phenols is 2. The van der Waals surface area contributed by atoms with Gasteiger partial charge < -0.3 is 19.7 Å². The minimum Gasteiger partial charge on any atom is -0.507 e. The molecule has 4 heteroatoms.